The van der Waals surface area contributed by atoms with Gasteiger partial charge in [-0.3, -0.25) is 9.80 Å². The molecule has 1 aromatic heterocycles. The molecule has 26 heavy (non-hydrogen) atoms. The van der Waals surface area contributed by atoms with Crippen LogP contribution in [0.15, 0.2) is 30.5 Å². The lowest BCUT2D eigenvalue weighted by atomic mass is 10.2. The van der Waals surface area contributed by atoms with E-state index in [0.29, 0.717) is 0 Å². The number of anilines is 1. The Morgan fingerprint density at radius 1 is 0.923 bits per heavy atom. The van der Waals surface area contributed by atoms with Crippen LogP contribution in [0.25, 0.3) is 0 Å². The van der Waals surface area contributed by atoms with Gasteiger partial charge in [0.1, 0.15) is 5.82 Å². The monoisotopic (exact) mass is 374 g/mol. The van der Waals surface area contributed by atoms with Gasteiger partial charge in [-0.15, -0.1) is 11.3 Å². The lowest BCUT2D eigenvalue weighted by Gasteiger charge is -2.21. The fraction of sp³-hybridized carbons (Fsp3) is 0.550. The summed E-state index contributed by atoms with van der Waals surface area (Å²) in [4.78, 5) is 13.4. The van der Waals surface area contributed by atoms with Crippen LogP contribution in [0.5, 0.6) is 0 Å². The Labute approximate surface area is 159 Å². The molecule has 2 fully saturated rings. The summed E-state index contributed by atoms with van der Waals surface area (Å²) in [6.07, 6.45) is 5.81. The molecular formula is C20H27FN4S. The van der Waals surface area contributed by atoms with Gasteiger partial charge >= 0.3 is 0 Å². The van der Waals surface area contributed by atoms with Crippen molar-refractivity contribution in [2.75, 3.05) is 44.2 Å². The molecule has 0 radical (unpaired) electrons. The molecule has 1 aromatic carbocycles. The van der Waals surface area contributed by atoms with Crippen LogP contribution in [0.2, 0.25) is 0 Å². The third-order valence-electron chi connectivity index (χ3n) is 5.27. The first-order valence-corrected chi connectivity index (χ1v) is 10.5. The van der Waals surface area contributed by atoms with E-state index in [0.717, 1.165) is 64.3 Å². The Kier molecular flexibility index (Phi) is 5.82. The van der Waals surface area contributed by atoms with Crippen molar-refractivity contribution in [1.29, 1.82) is 0 Å². The van der Waals surface area contributed by atoms with E-state index in [9.17, 15) is 4.39 Å². The molecular weight excluding hydrogens is 347 g/mol. The zero-order valence-corrected chi connectivity index (χ0v) is 16.1. The molecule has 2 aliphatic heterocycles. The zero-order valence-electron chi connectivity index (χ0n) is 15.2. The van der Waals surface area contributed by atoms with E-state index in [4.69, 9.17) is 0 Å². The predicted octanol–water partition coefficient (Wildman–Crippen LogP) is 3.59. The summed E-state index contributed by atoms with van der Waals surface area (Å²) >= 11 is 1.85. The van der Waals surface area contributed by atoms with Gasteiger partial charge < -0.3 is 4.90 Å². The molecule has 3 heterocycles. The number of halogens is 1. The highest BCUT2D eigenvalue weighted by molar-refractivity contribution is 7.15. The maximum atomic E-state index is 13.4. The molecule has 0 N–H and O–H groups in total. The maximum absolute atomic E-state index is 13.4. The van der Waals surface area contributed by atoms with Crippen molar-refractivity contribution >= 4 is 16.5 Å². The summed E-state index contributed by atoms with van der Waals surface area (Å²) < 4.78 is 13.4. The summed E-state index contributed by atoms with van der Waals surface area (Å²) in [6.45, 7) is 8.45. The van der Waals surface area contributed by atoms with Crippen LogP contribution in [0, 0.1) is 5.82 Å². The minimum Gasteiger partial charge on any atom is -0.348 e. The SMILES string of the molecule is Fc1cccc(CN2CCCN(Cc3cnc(N4CCCC4)s3)CC2)c1. The Morgan fingerprint density at radius 2 is 1.69 bits per heavy atom. The third kappa shape index (κ3) is 4.61. The minimum absolute atomic E-state index is 0.141. The van der Waals surface area contributed by atoms with Crippen LogP contribution >= 0.6 is 11.3 Å². The average molecular weight is 375 g/mol. The molecule has 2 aromatic rings. The van der Waals surface area contributed by atoms with E-state index >= 15 is 0 Å². The predicted molar refractivity (Wildman–Crippen MR) is 105 cm³/mol. The molecule has 0 atom stereocenters. The number of hydrogen-bond acceptors (Lipinski definition) is 5. The number of benzene rings is 1. The second kappa shape index (κ2) is 8.46. The normalized spacial score (nSPS) is 19.8. The van der Waals surface area contributed by atoms with Gasteiger partial charge in [-0.05, 0) is 50.0 Å². The topological polar surface area (TPSA) is 22.6 Å². The summed E-state index contributed by atoms with van der Waals surface area (Å²) in [5.41, 5.74) is 1.07. The van der Waals surface area contributed by atoms with Crippen molar-refractivity contribution in [1.82, 2.24) is 14.8 Å². The molecule has 0 unspecified atom stereocenters. The molecule has 4 rings (SSSR count). The first-order chi connectivity index (χ1) is 12.8. The van der Waals surface area contributed by atoms with E-state index in [-0.39, 0.29) is 5.82 Å². The molecule has 140 valence electrons. The van der Waals surface area contributed by atoms with Crippen molar-refractivity contribution in [3.63, 3.8) is 0 Å². The number of aromatic nitrogens is 1. The minimum atomic E-state index is -0.141. The van der Waals surface area contributed by atoms with E-state index in [1.807, 2.05) is 17.4 Å². The molecule has 0 spiro atoms. The zero-order chi connectivity index (χ0) is 17.8. The third-order valence-corrected chi connectivity index (χ3v) is 6.32. The first-order valence-electron chi connectivity index (χ1n) is 9.65. The highest BCUT2D eigenvalue weighted by atomic mass is 32.1. The molecule has 4 nitrogen and oxygen atoms in total. The van der Waals surface area contributed by atoms with Crippen molar-refractivity contribution in [3.05, 3.63) is 46.7 Å². The van der Waals surface area contributed by atoms with Gasteiger partial charge in [0.25, 0.3) is 0 Å². The van der Waals surface area contributed by atoms with E-state index in [2.05, 4.69) is 25.9 Å². The van der Waals surface area contributed by atoms with Gasteiger partial charge in [-0.25, -0.2) is 9.37 Å². The van der Waals surface area contributed by atoms with Crippen molar-refractivity contribution in [2.45, 2.75) is 32.4 Å². The molecule has 0 amide bonds. The highest BCUT2D eigenvalue weighted by Gasteiger charge is 2.19. The average Bonchev–Trinajstić information content (AvgIpc) is 3.26. The number of rotatable bonds is 5. The summed E-state index contributed by atoms with van der Waals surface area (Å²) in [7, 11) is 0. The van der Waals surface area contributed by atoms with Crippen molar-refractivity contribution < 1.29 is 4.39 Å². The standard InChI is InChI=1S/C20H27FN4S/c21-18-6-3-5-17(13-18)15-23-7-4-8-24(12-11-23)16-19-14-22-20(26-19)25-9-1-2-10-25/h3,5-6,13-14H,1-2,4,7-12,15-16H2. The molecule has 2 saturated heterocycles. The van der Waals surface area contributed by atoms with Gasteiger partial charge in [0.05, 0.1) is 0 Å². The van der Waals surface area contributed by atoms with Crippen LogP contribution in [0.4, 0.5) is 9.52 Å². The largest absolute Gasteiger partial charge is 0.348 e. The lowest BCUT2D eigenvalue weighted by molar-refractivity contribution is 0.248. The molecule has 0 bridgehead atoms. The van der Waals surface area contributed by atoms with Crippen LogP contribution in [-0.4, -0.2) is 54.1 Å². The Balaban J connectivity index is 1.29. The summed E-state index contributed by atoms with van der Waals surface area (Å²) in [5.74, 6) is -0.141. The fourth-order valence-corrected chi connectivity index (χ4v) is 4.88. The number of hydrogen-bond donors (Lipinski definition) is 0. The Morgan fingerprint density at radius 3 is 2.46 bits per heavy atom. The van der Waals surface area contributed by atoms with Crippen LogP contribution in [0.1, 0.15) is 29.7 Å². The van der Waals surface area contributed by atoms with Crippen LogP contribution < -0.4 is 4.90 Å². The van der Waals surface area contributed by atoms with Gasteiger partial charge in [0.15, 0.2) is 5.13 Å². The Bertz CT molecular complexity index is 713. The fourth-order valence-electron chi connectivity index (χ4n) is 3.88. The number of nitrogens with zero attached hydrogens (tertiary/aromatic N) is 4. The first kappa shape index (κ1) is 17.9. The van der Waals surface area contributed by atoms with E-state index in [1.165, 1.54) is 28.9 Å². The van der Waals surface area contributed by atoms with Gasteiger partial charge in [-0.1, -0.05) is 12.1 Å². The van der Waals surface area contributed by atoms with Crippen LogP contribution in [-0.2, 0) is 13.1 Å². The van der Waals surface area contributed by atoms with Gasteiger partial charge in [-0.2, -0.15) is 0 Å². The second-order valence-electron chi connectivity index (χ2n) is 7.34. The second-order valence-corrected chi connectivity index (χ2v) is 8.43. The smallest absolute Gasteiger partial charge is 0.185 e. The summed E-state index contributed by atoms with van der Waals surface area (Å²) in [6, 6.07) is 6.98. The molecule has 0 aliphatic carbocycles. The molecule has 0 saturated carbocycles. The van der Waals surface area contributed by atoms with Gasteiger partial charge in [0, 0.05) is 50.3 Å². The maximum Gasteiger partial charge on any atom is 0.185 e. The van der Waals surface area contributed by atoms with E-state index < -0.39 is 0 Å². The highest BCUT2D eigenvalue weighted by Crippen LogP contribution is 2.26. The summed E-state index contributed by atoms with van der Waals surface area (Å²) in [5, 5.41) is 1.19. The lowest BCUT2D eigenvalue weighted by Crippen LogP contribution is -2.30. The molecule has 6 heteroatoms. The van der Waals surface area contributed by atoms with Crippen molar-refractivity contribution in [3.8, 4) is 0 Å². The van der Waals surface area contributed by atoms with Crippen LogP contribution in [0.3, 0.4) is 0 Å². The number of thiazole rings is 1. The van der Waals surface area contributed by atoms with Crippen molar-refractivity contribution in [2.24, 2.45) is 0 Å². The van der Waals surface area contributed by atoms with Gasteiger partial charge in [0.2, 0.25) is 0 Å². The molecule has 2 aliphatic rings. The Hall–Kier alpha value is -1.50. The quantitative estimate of drug-likeness (QED) is 0.798. The van der Waals surface area contributed by atoms with E-state index in [1.54, 1.807) is 12.1 Å².